The Morgan fingerprint density at radius 3 is 2.52 bits per heavy atom. The second kappa shape index (κ2) is 9.48. The molecule has 1 aliphatic carbocycles. The average Bonchev–Trinajstić information content (AvgIpc) is 3.32. The van der Waals surface area contributed by atoms with Crippen molar-refractivity contribution < 1.29 is 23.8 Å². The number of carbonyl (C=O) groups excluding carboxylic acids is 2. The molecular weight excluding hydrogens is 394 g/mol. The zero-order chi connectivity index (χ0) is 22.4. The fourth-order valence-electron chi connectivity index (χ4n) is 3.58. The Kier molecular flexibility index (Phi) is 6.76. The van der Waals surface area contributed by atoms with Gasteiger partial charge in [-0.3, -0.25) is 4.79 Å². The Morgan fingerprint density at radius 2 is 1.84 bits per heavy atom. The van der Waals surface area contributed by atoms with Crippen LogP contribution in [0.2, 0.25) is 0 Å². The molecule has 1 saturated carbocycles. The monoisotopic (exact) mass is 419 g/mol. The molecule has 0 N–H and O–H groups in total. The van der Waals surface area contributed by atoms with Gasteiger partial charge in [-0.05, 0) is 42.5 Å². The van der Waals surface area contributed by atoms with Gasteiger partial charge in [-0.1, -0.05) is 50.3 Å². The first kappa shape index (κ1) is 22.1. The lowest BCUT2D eigenvalue weighted by atomic mass is 10.1. The molecule has 2 aromatic rings. The zero-order valence-electron chi connectivity index (χ0n) is 17.8. The van der Waals surface area contributed by atoms with Crippen molar-refractivity contribution in [2.24, 2.45) is 17.3 Å². The number of carbonyl (C=O) groups is 2. The maximum atomic E-state index is 12.8. The molecule has 2 aromatic carbocycles. The first-order valence-electron chi connectivity index (χ1n) is 10.1. The van der Waals surface area contributed by atoms with Crippen molar-refractivity contribution in [2.45, 2.75) is 26.9 Å². The van der Waals surface area contributed by atoms with Gasteiger partial charge in [-0.25, -0.2) is 4.79 Å². The first-order chi connectivity index (χ1) is 14.9. The molecule has 0 unspecified atom stereocenters. The van der Waals surface area contributed by atoms with Crippen LogP contribution in [0.5, 0.6) is 11.5 Å². The van der Waals surface area contributed by atoms with E-state index in [4.69, 9.17) is 14.2 Å². The van der Waals surface area contributed by atoms with E-state index in [-0.39, 0.29) is 11.3 Å². The summed E-state index contributed by atoms with van der Waals surface area (Å²) in [6, 6.07) is 18.2. The molecule has 0 radical (unpaired) electrons. The maximum absolute atomic E-state index is 12.8. The summed E-state index contributed by atoms with van der Waals surface area (Å²) in [6.45, 7) is 5.87. The van der Waals surface area contributed by atoms with Gasteiger partial charge in [0.2, 0.25) is 6.10 Å². The van der Waals surface area contributed by atoms with E-state index in [9.17, 15) is 14.9 Å². The lowest BCUT2D eigenvalue weighted by molar-refractivity contribution is -0.149. The number of para-hydroxylation sites is 1. The number of nitriles is 1. The van der Waals surface area contributed by atoms with Gasteiger partial charge in [0.15, 0.2) is 0 Å². The summed E-state index contributed by atoms with van der Waals surface area (Å²) in [5, 5.41) is 9.60. The lowest BCUT2D eigenvalue weighted by Crippen LogP contribution is -2.14. The molecule has 0 aliphatic heterocycles. The predicted molar refractivity (Wildman–Crippen MR) is 114 cm³/mol. The summed E-state index contributed by atoms with van der Waals surface area (Å²) in [4.78, 5) is 24.3. The van der Waals surface area contributed by atoms with Crippen LogP contribution in [0.15, 0.2) is 66.7 Å². The Bertz CT molecular complexity index is 1010. The third kappa shape index (κ3) is 5.32. The molecule has 0 saturated heterocycles. The third-order valence-corrected chi connectivity index (χ3v) is 5.38. The largest absolute Gasteiger partial charge is 0.463 e. The van der Waals surface area contributed by atoms with Crippen LogP contribution in [0.4, 0.5) is 0 Å². The van der Waals surface area contributed by atoms with E-state index in [1.54, 1.807) is 37.3 Å². The molecule has 0 aromatic heterocycles. The topological polar surface area (TPSA) is 85.6 Å². The van der Waals surface area contributed by atoms with Gasteiger partial charge in [-0.2, -0.15) is 5.26 Å². The van der Waals surface area contributed by atoms with Gasteiger partial charge in [-0.15, -0.1) is 0 Å². The molecule has 6 heteroatoms. The fourth-order valence-corrected chi connectivity index (χ4v) is 3.58. The first-order valence-corrected chi connectivity index (χ1v) is 10.1. The summed E-state index contributed by atoms with van der Waals surface area (Å²) >= 11 is 0. The van der Waals surface area contributed by atoms with Crippen molar-refractivity contribution in [1.29, 1.82) is 5.26 Å². The predicted octanol–water partition coefficient (Wildman–Crippen LogP) is 4.98. The number of allylic oxidation sites excluding steroid dienone is 1. The molecule has 6 nitrogen and oxygen atoms in total. The normalized spacial score (nSPS) is 19.8. The SMILES string of the molecule is CCOC(=O)C=C[C@H]1[C@@H](C(=O)O[C@H](C#N)c2cccc(Oc3ccccc3)c2)C1(C)C. The Labute approximate surface area is 182 Å². The van der Waals surface area contributed by atoms with Crippen molar-refractivity contribution in [3.05, 3.63) is 72.3 Å². The van der Waals surface area contributed by atoms with Crippen LogP contribution in [0.3, 0.4) is 0 Å². The van der Waals surface area contributed by atoms with Gasteiger partial charge in [0.25, 0.3) is 0 Å². The van der Waals surface area contributed by atoms with E-state index in [0.29, 0.717) is 23.7 Å². The second-order valence-corrected chi connectivity index (χ2v) is 7.87. The Balaban J connectivity index is 1.67. The molecule has 3 atom stereocenters. The molecule has 1 fully saturated rings. The number of benzene rings is 2. The van der Waals surface area contributed by atoms with Crippen LogP contribution in [0.1, 0.15) is 32.4 Å². The van der Waals surface area contributed by atoms with E-state index in [0.717, 1.165) is 0 Å². The number of hydrogen-bond acceptors (Lipinski definition) is 6. The summed E-state index contributed by atoms with van der Waals surface area (Å²) in [5.74, 6) is -0.288. The fraction of sp³-hybridized carbons (Fsp3) is 0.320. The summed E-state index contributed by atoms with van der Waals surface area (Å²) < 4.78 is 16.2. The Hall–Kier alpha value is -3.59. The third-order valence-electron chi connectivity index (χ3n) is 5.38. The lowest BCUT2D eigenvalue weighted by Gasteiger charge is -2.13. The number of rotatable bonds is 8. The van der Waals surface area contributed by atoms with Crippen LogP contribution in [-0.4, -0.2) is 18.5 Å². The van der Waals surface area contributed by atoms with Crippen molar-refractivity contribution >= 4 is 11.9 Å². The molecule has 160 valence electrons. The summed E-state index contributed by atoms with van der Waals surface area (Å²) in [7, 11) is 0. The molecule has 1 aliphatic rings. The summed E-state index contributed by atoms with van der Waals surface area (Å²) in [6.07, 6.45) is 1.97. The highest BCUT2D eigenvalue weighted by Gasteiger charge is 2.61. The van der Waals surface area contributed by atoms with Gasteiger partial charge in [0.05, 0.1) is 12.5 Å². The quantitative estimate of drug-likeness (QED) is 0.443. The molecule has 0 bridgehead atoms. The Morgan fingerprint density at radius 1 is 1.13 bits per heavy atom. The molecule has 0 spiro atoms. The number of esters is 2. The van der Waals surface area contributed by atoms with E-state index < -0.39 is 24.0 Å². The van der Waals surface area contributed by atoms with Crippen LogP contribution >= 0.6 is 0 Å². The minimum atomic E-state index is -1.06. The van der Waals surface area contributed by atoms with Crippen LogP contribution in [0, 0.1) is 28.6 Å². The average molecular weight is 419 g/mol. The van der Waals surface area contributed by atoms with Crippen molar-refractivity contribution in [3.63, 3.8) is 0 Å². The minimum Gasteiger partial charge on any atom is -0.463 e. The maximum Gasteiger partial charge on any atom is 0.330 e. The molecular formula is C25H25NO5. The van der Waals surface area contributed by atoms with E-state index in [1.165, 1.54) is 6.08 Å². The highest BCUT2D eigenvalue weighted by Crippen LogP contribution is 2.59. The highest BCUT2D eigenvalue weighted by atomic mass is 16.5. The van der Waals surface area contributed by atoms with Crippen LogP contribution in [0.25, 0.3) is 0 Å². The number of ether oxygens (including phenoxy) is 3. The molecule has 0 amide bonds. The molecule has 31 heavy (non-hydrogen) atoms. The molecule has 3 rings (SSSR count). The highest BCUT2D eigenvalue weighted by molar-refractivity contribution is 5.83. The van der Waals surface area contributed by atoms with Gasteiger partial charge in [0.1, 0.15) is 17.6 Å². The van der Waals surface area contributed by atoms with E-state index >= 15 is 0 Å². The zero-order valence-corrected chi connectivity index (χ0v) is 17.8. The van der Waals surface area contributed by atoms with Crippen LogP contribution < -0.4 is 4.74 Å². The standard InChI is InChI=1S/C25H25NO5/c1-4-29-22(27)14-13-20-23(25(20,2)3)24(28)31-21(16-26)17-9-8-12-19(15-17)30-18-10-6-5-7-11-18/h5-15,20-21,23H,4H2,1-3H3/t20-,21+,23-/m0/s1. The van der Waals surface area contributed by atoms with E-state index in [2.05, 4.69) is 0 Å². The van der Waals surface area contributed by atoms with Crippen LogP contribution in [-0.2, 0) is 19.1 Å². The minimum absolute atomic E-state index is 0.156. The van der Waals surface area contributed by atoms with Crippen molar-refractivity contribution in [1.82, 2.24) is 0 Å². The molecule has 0 heterocycles. The van der Waals surface area contributed by atoms with Crippen molar-refractivity contribution in [2.75, 3.05) is 6.61 Å². The second-order valence-electron chi connectivity index (χ2n) is 7.87. The summed E-state index contributed by atoms with van der Waals surface area (Å²) in [5.41, 5.74) is 0.166. The van der Waals surface area contributed by atoms with Gasteiger partial charge < -0.3 is 14.2 Å². The van der Waals surface area contributed by atoms with E-state index in [1.807, 2.05) is 50.2 Å². The number of hydrogen-bond donors (Lipinski definition) is 0. The van der Waals surface area contributed by atoms with Crippen molar-refractivity contribution in [3.8, 4) is 17.6 Å². The van der Waals surface area contributed by atoms with Gasteiger partial charge in [0, 0.05) is 11.6 Å². The van der Waals surface area contributed by atoms with Gasteiger partial charge >= 0.3 is 11.9 Å². The smallest absolute Gasteiger partial charge is 0.330 e. The number of nitrogens with zero attached hydrogens (tertiary/aromatic N) is 1.